The van der Waals surface area contributed by atoms with Crippen LogP contribution in [0.3, 0.4) is 0 Å². The number of aliphatic hydroxyl groups excluding tert-OH is 1. The summed E-state index contributed by atoms with van der Waals surface area (Å²) in [6.45, 7) is 5.24. The summed E-state index contributed by atoms with van der Waals surface area (Å²) in [4.78, 5) is 26.3. The molecule has 3 atom stereocenters. The molecule has 2 heterocycles. The highest BCUT2D eigenvalue weighted by atomic mass is 16.7. The predicted octanol–water partition coefficient (Wildman–Crippen LogP) is 6.02. The summed E-state index contributed by atoms with van der Waals surface area (Å²) in [5.74, 6) is -0.472. The van der Waals surface area contributed by atoms with Gasteiger partial charge in [0.2, 0.25) is 0 Å². The summed E-state index contributed by atoms with van der Waals surface area (Å²) < 4.78 is 18.2. The molecule has 3 aromatic carbocycles. The summed E-state index contributed by atoms with van der Waals surface area (Å²) in [5, 5.41) is 14.9. The van der Waals surface area contributed by atoms with Gasteiger partial charge >= 0.3 is 12.0 Å². The maximum absolute atomic E-state index is 12.2. The van der Waals surface area contributed by atoms with Crippen molar-refractivity contribution in [1.29, 1.82) is 0 Å². The number of amides is 2. The molecule has 2 aliphatic heterocycles. The normalized spacial score (nSPS) is 20.7. The fourth-order valence-corrected chi connectivity index (χ4v) is 6.15. The molecule has 2 saturated heterocycles. The molecule has 3 aromatic rings. The Morgan fingerprint density at radius 3 is 2.30 bits per heavy atom. The summed E-state index contributed by atoms with van der Waals surface area (Å²) in [5.41, 5.74) is 5.89. The highest BCUT2D eigenvalue weighted by molar-refractivity contribution is 5.80. The van der Waals surface area contributed by atoms with Gasteiger partial charge in [0.25, 0.3) is 0 Å². The minimum Gasteiger partial charge on any atom is -0.465 e. The minimum absolute atomic E-state index is 0.0157. The number of nitrogens with zero attached hydrogens (tertiary/aromatic N) is 1. The zero-order chi connectivity index (χ0) is 32.1. The number of hydrogen-bond acceptors (Lipinski definition) is 7. The van der Waals surface area contributed by atoms with E-state index in [0.717, 1.165) is 59.4 Å². The van der Waals surface area contributed by atoms with Crippen molar-refractivity contribution in [3.05, 3.63) is 95.1 Å². The van der Waals surface area contributed by atoms with Crippen LogP contribution in [-0.4, -0.2) is 60.9 Å². The van der Waals surface area contributed by atoms with Crippen molar-refractivity contribution < 1.29 is 28.9 Å². The first-order valence-electron chi connectivity index (χ1n) is 16.6. The van der Waals surface area contributed by atoms with Gasteiger partial charge in [0.1, 0.15) is 6.54 Å². The third kappa shape index (κ3) is 9.87. The summed E-state index contributed by atoms with van der Waals surface area (Å²) >= 11 is 0. The Morgan fingerprint density at radius 1 is 0.848 bits per heavy atom. The molecule has 9 heteroatoms. The number of likely N-dealkylation sites (tertiary alicyclic amines) is 1. The number of carbonyl (C=O) groups excluding carboxylic acids is 2. The highest BCUT2D eigenvalue weighted by Crippen LogP contribution is 2.39. The van der Waals surface area contributed by atoms with Crippen molar-refractivity contribution in [3.63, 3.8) is 0 Å². The molecule has 3 N–H and O–H groups in total. The molecule has 5 rings (SSSR count). The summed E-state index contributed by atoms with van der Waals surface area (Å²) in [6.07, 6.45) is 6.52. The number of nitrogens with one attached hydrogen (secondary N) is 2. The second-order valence-electron chi connectivity index (χ2n) is 12.1. The molecule has 246 valence electrons. The van der Waals surface area contributed by atoms with E-state index in [1.165, 1.54) is 32.1 Å². The molecule has 2 aliphatic rings. The molecule has 0 spiro atoms. The standard InChI is InChI=1S/C37H47N3O6/c1-2-44-35(42)24-39-37(43)38-23-28-10-8-11-30(20-28)31-12-9-13-32(21-31)36-45-33(25-40-18-6-4-3-5-7-19-40)22-34(46-36)29-16-14-27(26-41)15-17-29/h8-17,20-21,33-34,36,41H,2-7,18-19,22-26H2,1H3,(H2,38,39,43)/t33-,34+,36+/m0/s1. The second kappa shape index (κ2) is 17.2. The van der Waals surface area contributed by atoms with Gasteiger partial charge in [0.15, 0.2) is 6.29 Å². The van der Waals surface area contributed by atoms with Gasteiger partial charge in [-0.25, -0.2) is 4.79 Å². The van der Waals surface area contributed by atoms with Gasteiger partial charge in [-0.1, -0.05) is 79.9 Å². The molecular formula is C37H47N3O6. The fourth-order valence-electron chi connectivity index (χ4n) is 6.15. The number of rotatable bonds is 11. The fraction of sp³-hybridized carbons (Fsp3) is 0.459. The van der Waals surface area contributed by atoms with Crippen LogP contribution in [0.5, 0.6) is 0 Å². The lowest BCUT2D eigenvalue weighted by atomic mass is 9.98. The van der Waals surface area contributed by atoms with Crippen LogP contribution in [0.15, 0.2) is 72.8 Å². The van der Waals surface area contributed by atoms with Crippen LogP contribution in [0, 0.1) is 0 Å². The Labute approximate surface area is 272 Å². The van der Waals surface area contributed by atoms with Gasteiger partial charge in [-0.2, -0.15) is 0 Å². The predicted molar refractivity (Wildman–Crippen MR) is 177 cm³/mol. The zero-order valence-electron chi connectivity index (χ0n) is 26.8. The van der Waals surface area contributed by atoms with Crippen molar-refractivity contribution in [2.45, 2.75) is 77.1 Å². The van der Waals surface area contributed by atoms with E-state index in [-0.39, 0.29) is 32.0 Å². The maximum Gasteiger partial charge on any atom is 0.325 e. The quantitative estimate of drug-likeness (QED) is 0.223. The van der Waals surface area contributed by atoms with Crippen LogP contribution in [0.4, 0.5) is 4.79 Å². The van der Waals surface area contributed by atoms with Gasteiger partial charge in [-0.15, -0.1) is 0 Å². The topological polar surface area (TPSA) is 109 Å². The van der Waals surface area contributed by atoms with Crippen molar-refractivity contribution in [2.24, 2.45) is 0 Å². The number of ether oxygens (including phenoxy) is 3. The van der Waals surface area contributed by atoms with Crippen LogP contribution in [-0.2, 0) is 32.2 Å². The lowest BCUT2D eigenvalue weighted by Gasteiger charge is -2.39. The van der Waals surface area contributed by atoms with Crippen LogP contribution in [0.2, 0.25) is 0 Å². The van der Waals surface area contributed by atoms with E-state index >= 15 is 0 Å². The molecule has 0 radical (unpaired) electrons. The molecule has 9 nitrogen and oxygen atoms in total. The first kappa shape index (κ1) is 33.6. The number of aliphatic hydroxyl groups is 1. The van der Waals surface area contributed by atoms with Gasteiger partial charge in [-0.05, 0) is 72.8 Å². The maximum atomic E-state index is 12.2. The lowest BCUT2D eigenvalue weighted by Crippen LogP contribution is -2.40. The molecule has 0 aliphatic carbocycles. The smallest absolute Gasteiger partial charge is 0.325 e. The Morgan fingerprint density at radius 2 is 1.57 bits per heavy atom. The van der Waals surface area contributed by atoms with E-state index in [1.807, 2.05) is 42.5 Å². The molecule has 0 aromatic heterocycles. The van der Waals surface area contributed by atoms with Crippen LogP contribution in [0.25, 0.3) is 11.1 Å². The number of urea groups is 1. The van der Waals surface area contributed by atoms with E-state index in [9.17, 15) is 14.7 Å². The molecule has 0 bridgehead atoms. The molecule has 0 saturated carbocycles. The monoisotopic (exact) mass is 629 g/mol. The number of esters is 1. The first-order valence-corrected chi connectivity index (χ1v) is 16.6. The highest BCUT2D eigenvalue weighted by Gasteiger charge is 2.33. The Hall–Kier alpha value is -3.76. The largest absolute Gasteiger partial charge is 0.465 e. The molecular weight excluding hydrogens is 582 g/mol. The first-order chi connectivity index (χ1) is 22.5. The van der Waals surface area contributed by atoms with Gasteiger partial charge in [0.05, 0.1) is 25.4 Å². The Kier molecular flexibility index (Phi) is 12.6. The number of benzene rings is 3. The second-order valence-corrected chi connectivity index (χ2v) is 12.1. The van der Waals surface area contributed by atoms with Crippen molar-refractivity contribution in [2.75, 3.05) is 32.8 Å². The lowest BCUT2D eigenvalue weighted by molar-refractivity contribution is -0.253. The van der Waals surface area contributed by atoms with Crippen molar-refractivity contribution >= 4 is 12.0 Å². The van der Waals surface area contributed by atoms with Crippen LogP contribution < -0.4 is 10.6 Å². The summed E-state index contributed by atoms with van der Waals surface area (Å²) in [7, 11) is 0. The zero-order valence-corrected chi connectivity index (χ0v) is 26.8. The SMILES string of the molecule is CCOC(=O)CNC(=O)NCc1cccc(-c2cccc([C@@H]3O[C@H](CN4CCCCCCC4)C[C@H](c4ccc(CO)cc4)O3)c2)c1. The van der Waals surface area contributed by atoms with Gasteiger partial charge < -0.3 is 34.9 Å². The van der Waals surface area contributed by atoms with Crippen LogP contribution in [0.1, 0.15) is 80.1 Å². The molecule has 2 fully saturated rings. The van der Waals surface area contributed by atoms with Crippen molar-refractivity contribution in [1.82, 2.24) is 15.5 Å². The van der Waals surface area contributed by atoms with E-state index in [1.54, 1.807) is 6.92 Å². The van der Waals surface area contributed by atoms with E-state index < -0.39 is 18.3 Å². The number of hydrogen-bond donors (Lipinski definition) is 3. The molecule has 46 heavy (non-hydrogen) atoms. The van der Waals surface area contributed by atoms with Gasteiger partial charge in [-0.3, -0.25) is 4.79 Å². The Balaban J connectivity index is 1.29. The average Bonchev–Trinajstić information content (AvgIpc) is 3.08. The number of carbonyl (C=O) groups is 2. The summed E-state index contributed by atoms with van der Waals surface area (Å²) in [6, 6.07) is 23.9. The third-order valence-corrected chi connectivity index (χ3v) is 8.60. The van der Waals surface area contributed by atoms with E-state index in [2.05, 4.69) is 45.9 Å². The molecule has 2 amide bonds. The van der Waals surface area contributed by atoms with Crippen molar-refractivity contribution in [3.8, 4) is 11.1 Å². The van der Waals surface area contributed by atoms with Gasteiger partial charge in [0, 0.05) is 25.1 Å². The van der Waals surface area contributed by atoms with E-state index in [4.69, 9.17) is 14.2 Å². The van der Waals surface area contributed by atoms with E-state index in [0.29, 0.717) is 6.54 Å². The minimum atomic E-state index is -0.524. The Bertz CT molecular complexity index is 1410. The molecule has 0 unspecified atom stereocenters. The van der Waals surface area contributed by atoms with Crippen LogP contribution >= 0.6 is 0 Å². The third-order valence-electron chi connectivity index (χ3n) is 8.60. The average molecular weight is 630 g/mol.